The number of nitrogens with two attached hydrogens (primary N) is 1. The summed E-state index contributed by atoms with van der Waals surface area (Å²) in [6.07, 6.45) is 5.43. The van der Waals surface area contributed by atoms with Gasteiger partial charge in [-0.3, -0.25) is 4.79 Å². The van der Waals surface area contributed by atoms with Crippen molar-refractivity contribution in [1.82, 2.24) is 5.32 Å². The zero-order chi connectivity index (χ0) is 14.4. The second kappa shape index (κ2) is 4.51. The molecule has 3 nitrogen and oxygen atoms in total. The number of hydrogen-bond donors (Lipinski definition) is 2. The third kappa shape index (κ3) is 2.19. The number of anilines is 1. The zero-order valence-corrected chi connectivity index (χ0v) is 12.4. The minimum atomic E-state index is -0.285. The molecule has 0 bridgehead atoms. The molecular formula is C17H24N2O. The van der Waals surface area contributed by atoms with E-state index in [1.807, 2.05) is 24.3 Å². The molecule has 2 saturated carbocycles. The molecule has 1 aromatic carbocycles. The van der Waals surface area contributed by atoms with E-state index in [-0.39, 0.29) is 16.7 Å². The van der Waals surface area contributed by atoms with E-state index in [4.69, 9.17) is 5.73 Å². The fourth-order valence-electron chi connectivity index (χ4n) is 3.46. The van der Waals surface area contributed by atoms with Gasteiger partial charge in [0.15, 0.2) is 0 Å². The third-order valence-corrected chi connectivity index (χ3v) is 5.21. The Kier molecular flexibility index (Phi) is 3.03. The Labute approximate surface area is 120 Å². The van der Waals surface area contributed by atoms with E-state index >= 15 is 0 Å². The highest BCUT2D eigenvalue weighted by Gasteiger charge is 2.52. The van der Waals surface area contributed by atoms with Gasteiger partial charge >= 0.3 is 0 Å². The monoisotopic (exact) mass is 272 g/mol. The number of rotatable bonds is 3. The van der Waals surface area contributed by atoms with E-state index in [0.29, 0.717) is 6.04 Å². The largest absolute Gasteiger partial charge is 0.399 e. The summed E-state index contributed by atoms with van der Waals surface area (Å²) in [5.41, 5.74) is 7.54. The molecule has 2 aliphatic rings. The molecular weight excluding hydrogens is 248 g/mol. The summed E-state index contributed by atoms with van der Waals surface area (Å²) >= 11 is 0. The van der Waals surface area contributed by atoms with Crippen LogP contribution in [0.25, 0.3) is 0 Å². The van der Waals surface area contributed by atoms with Crippen LogP contribution >= 0.6 is 0 Å². The average molecular weight is 272 g/mol. The highest BCUT2D eigenvalue weighted by molar-refractivity contribution is 5.91. The fourth-order valence-corrected chi connectivity index (χ4v) is 3.46. The molecule has 2 fully saturated rings. The first-order valence-corrected chi connectivity index (χ1v) is 7.61. The minimum Gasteiger partial charge on any atom is -0.399 e. The van der Waals surface area contributed by atoms with Crippen LogP contribution in [0.1, 0.15) is 51.5 Å². The molecule has 0 aromatic heterocycles. The molecule has 3 N–H and O–H groups in total. The highest BCUT2D eigenvalue weighted by atomic mass is 16.2. The lowest BCUT2D eigenvalue weighted by Gasteiger charge is -2.29. The summed E-state index contributed by atoms with van der Waals surface area (Å²) in [6, 6.07) is 8.11. The summed E-state index contributed by atoms with van der Waals surface area (Å²) in [7, 11) is 0. The molecule has 0 saturated heterocycles. The van der Waals surface area contributed by atoms with E-state index < -0.39 is 0 Å². The first-order valence-electron chi connectivity index (χ1n) is 7.61. The number of nitrogen functional groups attached to an aromatic ring is 1. The first-order chi connectivity index (χ1) is 9.44. The maximum atomic E-state index is 12.7. The van der Waals surface area contributed by atoms with Crippen LogP contribution in [0.5, 0.6) is 0 Å². The molecule has 0 spiro atoms. The van der Waals surface area contributed by atoms with Crippen molar-refractivity contribution in [2.75, 3.05) is 5.73 Å². The third-order valence-electron chi connectivity index (χ3n) is 5.21. The Morgan fingerprint density at radius 2 is 1.85 bits per heavy atom. The van der Waals surface area contributed by atoms with Crippen LogP contribution in [0, 0.1) is 5.41 Å². The van der Waals surface area contributed by atoms with Gasteiger partial charge in [0, 0.05) is 11.7 Å². The zero-order valence-electron chi connectivity index (χ0n) is 12.4. The topological polar surface area (TPSA) is 55.1 Å². The van der Waals surface area contributed by atoms with Gasteiger partial charge in [-0.25, -0.2) is 0 Å². The standard InChI is InChI=1S/C17H24N2O/c1-16(2)9-3-4-14(16)19-15(20)17(10-11-17)12-5-7-13(18)8-6-12/h5-8,14H,3-4,9-11,18H2,1-2H3,(H,19,20). The van der Waals surface area contributed by atoms with Crippen molar-refractivity contribution >= 4 is 11.6 Å². The van der Waals surface area contributed by atoms with Gasteiger partial charge in [-0.15, -0.1) is 0 Å². The Morgan fingerprint density at radius 3 is 2.35 bits per heavy atom. The quantitative estimate of drug-likeness (QED) is 0.831. The number of carbonyl (C=O) groups excluding carboxylic acids is 1. The molecule has 20 heavy (non-hydrogen) atoms. The molecule has 1 atom stereocenters. The van der Waals surface area contributed by atoms with Crippen molar-refractivity contribution in [2.45, 2.75) is 57.4 Å². The lowest BCUT2D eigenvalue weighted by atomic mass is 9.86. The average Bonchev–Trinajstić information content (AvgIpc) is 3.13. The van der Waals surface area contributed by atoms with Crippen molar-refractivity contribution < 1.29 is 4.79 Å². The van der Waals surface area contributed by atoms with Crippen molar-refractivity contribution in [3.63, 3.8) is 0 Å². The predicted molar refractivity (Wildman–Crippen MR) is 81.3 cm³/mol. The van der Waals surface area contributed by atoms with Gasteiger partial charge in [-0.1, -0.05) is 32.4 Å². The van der Waals surface area contributed by atoms with Crippen molar-refractivity contribution in [1.29, 1.82) is 0 Å². The summed E-state index contributed by atoms with van der Waals surface area (Å²) in [5, 5.41) is 3.31. The van der Waals surface area contributed by atoms with Crippen LogP contribution in [0.3, 0.4) is 0 Å². The second-order valence-corrected chi connectivity index (χ2v) is 7.11. The highest BCUT2D eigenvalue weighted by Crippen LogP contribution is 2.49. The first kappa shape index (κ1) is 13.5. The number of carbonyl (C=O) groups is 1. The fraction of sp³-hybridized carbons (Fsp3) is 0.588. The molecule has 0 radical (unpaired) electrons. The number of hydrogen-bond acceptors (Lipinski definition) is 2. The smallest absolute Gasteiger partial charge is 0.230 e. The summed E-state index contributed by atoms with van der Waals surface area (Å²) in [6.45, 7) is 4.52. The molecule has 1 amide bonds. The van der Waals surface area contributed by atoms with Crippen LogP contribution in [-0.2, 0) is 10.2 Å². The van der Waals surface area contributed by atoms with Crippen LogP contribution in [-0.4, -0.2) is 11.9 Å². The molecule has 3 rings (SSSR count). The lowest BCUT2D eigenvalue weighted by molar-refractivity contribution is -0.124. The molecule has 3 heteroatoms. The van der Waals surface area contributed by atoms with Crippen molar-refractivity contribution in [3.8, 4) is 0 Å². The molecule has 1 unspecified atom stereocenters. The molecule has 2 aliphatic carbocycles. The number of benzene rings is 1. The SMILES string of the molecule is CC1(C)CCCC1NC(=O)C1(c2ccc(N)cc2)CC1. The van der Waals surface area contributed by atoms with Crippen molar-refractivity contribution in [2.24, 2.45) is 5.41 Å². The molecule has 108 valence electrons. The Bertz CT molecular complexity index is 514. The van der Waals surface area contributed by atoms with Gasteiger partial charge < -0.3 is 11.1 Å². The Balaban J connectivity index is 1.75. The number of amides is 1. The maximum Gasteiger partial charge on any atom is 0.230 e. The van der Waals surface area contributed by atoms with Gasteiger partial charge in [0.2, 0.25) is 5.91 Å². The molecule has 0 heterocycles. The van der Waals surface area contributed by atoms with Crippen LogP contribution < -0.4 is 11.1 Å². The minimum absolute atomic E-state index is 0.210. The van der Waals surface area contributed by atoms with Gasteiger partial charge in [0.25, 0.3) is 0 Å². The summed E-state index contributed by atoms with van der Waals surface area (Å²) in [4.78, 5) is 12.7. The lowest BCUT2D eigenvalue weighted by Crippen LogP contribution is -2.46. The van der Waals surface area contributed by atoms with Gasteiger partial charge in [-0.2, -0.15) is 0 Å². The van der Waals surface area contributed by atoms with Crippen LogP contribution in [0.15, 0.2) is 24.3 Å². The summed E-state index contributed by atoms with van der Waals surface area (Å²) < 4.78 is 0. The Morgan fingerprint density at radius 1 is 1.20 bits per heavy atom. The molecule has 0 aliphatic heterocycles. The van der Waals surface area contributed by atoms with E-state index in [0.717, 1.165) is 30.5 Å². The second-order valence-electron chi connectivity index (χ2n) is 7.11. The van der Waals surface area contributed by atoms with Crippen molar-refractivity contribution in [3.05, 3.63) is 29.8 Å². The van der Waals surface area contributed by atoms with E-state index in [9.17, 15) is 4.79 Å². The molecule has 1 aromatic rings. The predicted octanol–water partition coefficient (Wildman–Crippen LogP) is 3.00. The van der Waals surface area contributed by atoms with Gasteiger partial charge in [-0.05, 0) is 48.8 Å². The van der Waals surface area contributed by atoms with Gasteiger partial charge in [0.1, 0.15) is 0 Å². The van der Waals surface area contributed by atoms with E-state index in [2.05, 4.69) is 19.2 Å². The maximum absolute atomic E-state index is 12.7. The van der Waals surface area contributed by atoms with Crippen LogP contribution in [0.4, 0.5) is 5.69 Å². The summed E-state index contributed by atoms with van der Waals surface area (Å²) in [5.74, 6) is 0.210. The number of nitrogens with one attached hydrogen (secondary N) is 1. The van der Waals surface area contributed by atoms with E-state index in [1.165, 1.54) is 12.8 Å². The normalized spacial score (nSPS) is 26.2. The van der Waals surface area contributed by atoms with Crippen LogP contribution in [0.2, 0.25) is 0 Å². The Hall–Kier alpha value is -1.51. The van der Waals surface area contributed by atoms with Gasteiger partial charge in [0.05, 0.1) is 5.41 Å². The van der Waals surface area contributed by atoms with E-state index in [1.54, 1.807) is 0 Å².